The van der Waals surface area contributed by atoms with E-state index in [1.807, 2.05) is 6.92 Å². The predicted molar refractivity (Wildman–Crippen MR) is 64.2 cm³/mol. The molecule has 0 spiro atoms. The summed E-state index contributed by atoms with van der Waals surface area (Å²) in [5.74, 6) is 0. The monoisotopic (exact) mass is 242 g/mol. The molecule has 0 radical (unpaired) electrons. The van der Waals surface area contributed by atoms with Gasteiger partial charge in [-0.2, -0.15) is 0 Å². The normalized spacial score (nSPS) is 12.8. The molecule has 90 valence electrons. The third-order valence-electron chi connectivity index (χ3n) is 2.75. The Morgan fingerprint density at radius 3 is 2.06 bits per heavy atom. The molecule has 1 N–H and O–H groups in total. The second kappa shape index (κ2) is 4.55. The van der Waals surface area contributed by atoms with E-state index < -0.39 is 14.6 Å². The summed E-state index contributed by atoms with van der Waals surface area (Å²) in [6, 6.07) is 6.82. The van der Waals surface area contributed by atoms with Crippen molar-refractivity contribution in [3.8, 4) is 0 Å². The molecule has 0 fully saturated rings. The molecule has 0 amide bonds. The van der Waals surface area contributed by atoms with Gasteiger partial charge >= 0.3 is 0 Å². The van der Waals surface area contributed by atoms with Gasteiger partial charge in [0.15, 0.2) is 9.84 Å². The maximum atomic E-state index is 12.1. The molecule has 1 aromatic carbocycles. The van der Waals surface area contributed by atoms with Gasteiger partial charge in [-0.1, -0.05) is 19.1 Å². The predicted octanol–water partition coefficient (Wildman–Crippen LogP) is 1.79. The zero-order valence-corrected chi connectivity index (χ0v) is 10.7. The first-order chi connectivity index (χ1) is 7.35. The van der Waals surface area contributed by atoms with E-state index in [1.54, 1.807) is 24.3 Å². The van der Waals surface area contributed by atoms with Crippen LogP contribution in [0.15, 0.2) is 29.2 Å². The first-order valence-corrected chi connectivity index (χ1v) is 6.78. The fraction of sp³-hybridized carbons (Fsp3) is 0.500. The summed E-state index contributed by atoms with van der Waals surface area (Å²) in [7, 11) is -3.46. The Labute approximate surface area is 97.0 Å². The molecule has 0 aliphatic carbocycles. The molecule has 0 bridgehead atoms. The van der Waals surface area contributed by atoms with Crippen LogP contribution in [0.2, 0.25) is 0 Å². The summed E-state index contributed by atoms with van der Waals surface area (Å²) >= 11 is 0. The third-order valence-corrected chi connectivity index (χ3v) is 5.23. The molecule has 16 heavy (non-hydrogen) atoms. The highest BCUT2D eigenvalue weighted by atomic mass is 32.2. The minimum absolute atomic E-state index is 0.267. The number of rotatable bonds is 4. The van der Waals surface area contributed by atoms with Crippen molar-refractivity contribution in [1.82, 2.24) is 0 Å². The molecule has 1 rings (SSSR count). The van der Waals surface area contributed by atoms with Gasteiger partial charge in [-0.05, 0) is 38.0 Å². The number of hydrogen-bond donors (Lipinski definition) is 1. The molecule has 0 heterocycles. The lowest BCUT2D eigenvalue weighted by molar-refractivity contribution is 0.258. The molecule has 1 aromatic rings. The van der Waals surface area contributed by atoms with Crippen LogP contribution < -0.4 is 0 Å². The van der Waals surface area contributed by atoms with Gasteiger partial charge in [0.05, 0.1) is 16.2 Å². The van der Waals surface area contributed by atoms with Crippen LogP contribution in [0.25, 0.3) is 0 Å². The average Bonchev–Trinajstić information content (AvgIpc) is 2.29. The molecular formula is C12H18O3S. The SMILES string of the molecule is CCc1ccc(S(=O)(=O)C(C)(C)CO)cc1. The topological polar surface area (TPSA) is 54.4 Å². The number of aliphatic hydroxyl groups is 1. The zero-order valence-electron chi connectivity index (χ0n) is 9.90. The summed E-state index contributed by atoms with van der Waals surface area (Å²) in [5.41, 5.74) is 1.10. The third kappa shape index (κ3) is 2.28. The molecule has 0 aromatic heterocycles. The minimum Gasteiger partial charge on any atom is -0.395 e. The van der Waals surface area contributed by atoms with E-state index in [4.69, 9.17) is 5.11 Å². The minimum atomic E-state index is -3.46. The summed E-state index contributed by atoms with van der Waals surface area (Å²) in [6.45, 7) is 4.68. The van der Waals surface area contributed by atoms with Gasteiger partial charge in [0.25, 0.3) is 0 Å². The number of benzene rings is 1. The highest BCUT2D eigenvalue weighted by Gasteiger charge is 2.34. The van der Waals surface area contributed by atoms with Crippen LogP contribution in [0.1, 0.15) is 26.3 Å². The van der Waals surface area contributed by atoms with E-state index in [0.29, 0.717) is 0 Å². The van der Waals surface area contributed by atoms with E-state index in [2.05, 4.69) is 0 Å². The second-order valence-electron chi connectivity index (χ2n) is 4.42. The van der Waals surface area contributed by atoms with Crippen LogP contribution in [0.4, 0.5) is 0 Å². The van der Waals surface area contributed by atoms with Crippen LogP contribution in [0.3, 0.4) is 0 Å². The number of aliphatic hydroxyl groups excluding tert-OH is 1. The lowest BCUT2D eigenvalue weighted by atomic mass is 10.2. The van der Waals surface area contributed by atoms with Crippen molar-refractivity contribution in [3.05, 3.63) is 29.8 Å². The first-order valence-electron chi connectivity index (χ1n) is 5.29. The van der Waals surface area contributed by atoms with Gasteiger partial charge in [0, 0.05) is 0 Å². The van der Waals surface area contributed by atoms with Crippen molar-refractivity contribution in [2.75, 3.05) is 6.61 Å². The maximum absolute atomic E-state index is 12.1. The van der Waals surface area contributed by atoms with E-state index in [1.165, 1.54) is 13.8 Å². The lowest BCUT2D eigenvalue weighted by Gasteiger charge is -2.22. The maximum Gasteiger partial charge on any atom is 0.185 e. The van der Waals surface area contributed by atoms with Crippen molar-refractivity contribution >= 4 is 9.84 Å². The number of sulfone groups is 1. The van der Waals surface area contributed by atoms with Gasteiger partial charge < -0.3 is 5.11 Å². The standard InChI is InChI=1S/C12H18O3S/c1-4-10-5-7-11(8-6-10)16(14,15)12(2,3)9-13/h5-8,13H,4,9H2,1-3H3. The highest BCUT2D eigenvalue weighted by Crippen LogP contribution is 2.25. The van der Waals surface area contributed by atoms with E-state index in [-0.39, 0.29) is 11.5 Å². The van der Waals surface area contributed by atoms with Gasteiger partial charge in [-0.3, -0.25) is 0 Å². The fourth-order valence-electron chi connectivity index (χ4n) is 1.31. The second-order valence-corrected chi connectivity index (χ2v) is 7.00. The summed E-state index contributed by atoms with van der Waals surface area (Å²) in [6.07, 6.45) is 0.879. The van der Waals surface area contributed by atoms with Crippen LogP contribution in [0, 0.1) is 0 Å². The van der Waals surface area contributed by atoms with E-state index in [9.17, 15) is 8.42 Å². The Morgan fingerprint density at radius 1 is 1.19 bits per heavy atom. The Kier molecular flexibility index (Phi) is 3.76. The first kappa shape index (κ1) is 13.2. The van der Waals surface area contributed by atoms with Crippen LogP contribution in [-0.2, 0) is 16.3 Å². The summed E-state index contributed by atoms with van der Waals surface area (Å²) in [4.78, 5) is 0.267. The molecule has 0 unspecified atom stereocenters. The molecule has 0 aliphatic rings. The fourth-order valence-corrected chi connectivity index (χ4v) is 2.61. The van der Waals surface area contributed by atoms with E-state index >= 15 is 0 Å². The highest BCUT2D eigenvalue weighted by molar-refractivity contribution is 7.92. The van der Waals surface area contributed by atoms with Gasteiger partial charge in [0.1, 0.15) is 0 Å². The summed E-state index contributed by atoms with van der Waals surface area (Å²) < 4.78 is 23.1. The molecule has 0 saturated heterocycles. The quantitative estimate of drug-likeness (QED) is 0.875. The van der Waals surface area contributed by atoms with Crippen molar-refractivity contribution in [3.63, 3.8) is 0 Å². The van der Waals surface area contributed by atoms with Gasteiger partial charge in [-0.25, -0.2) is 8.42 Å². The van der Waals surface area contributed by atoms with Gasteiger partial charge in [0.2, 0.25) is 0 Å². The molecule has 0 aliphatic heterocycles. The van der Waals surface area contributed by atoms with Crippen LogP contribution in [-0.4, -0.2) is 24.9 Å². The Hall–Kier alpha value is -0.870. The lowest BCUT2D eigenvalue weighted by Crippen LogP contribution is -2.35. The van der Waals surface area contributed by atoms with Crippen molar-refractivity contribution in [2.24, 2.45) is 0 Å². The average molecular weight is 242 g/mol. The molecule has 4 heteroatoms. The van der Waals surface area contributed by atoms with Crippen molar-refractivity contribution in [2.45, 2.75) is 36.8 Å². The van der Waals surface area contributed by atoms with Crippen LogP contribution in [0.5, 0.6) is 0 Å². The number of hydrogen-bond acceptors (Lipinski definition) is 3. The van der Waals surface area contributed by atoms with Crippen LogP contribution >= 0.6 is 0 Å². The molecular weight excluding hydrogens is 224 g/mol. The largest absolute Gasteiger partial charge is 0.395 e. The smallest absolute Gasteiger partial charge is 0.185 e. The molecule has 0 saturated carbocycles. The van der Waals surface area contributed by atoms with Gasteiger partial charge in [-0.15, -0.1) is 0 Å². The molecule has 0 atom stereocenters. The summed E-state index contributed by atoms with van der Waals surface area (Å²) in [5, 5.41) is 9.11. The Bertz CT molecular complexity index is 444. The van der Waals surface area contributed by atoms with E-state index in [0.717, 1.165) is 12.0 Å². The van der Waals surface area contributed by atoms with Crippen molar-refractivity contribution < 1.29 is 13.5 Å². The van der Waals surface area contributed by atoms with Crippen molar-refractivity contribution in [1.29, 1.82) is 0 Å². The molecule has 3 nitrogen and oxygen atoms in total. The Balaban J connectivity index is 3.18. The zero-order chi connectivity index (χ0) is 12.4. The number of aryl methyl sites for hydroxylation is 1. The Morgan fingerprint density at radius 2 is 1.69 bits per heavy atom.